The number of nitrogens with one attached hydrogen (secondary N) is 1. The first kappa shape index (κ1) is 22.0. The number of likely N-dealkylation sites (N-methyl/N-ethyl adjacent to an activating group) is 2. The zero-order chi connectivity index (χ0) is 24.6. The number of anilines is 1. The molecule has 2 heterocycles. The lowest BCUT2D eigenvalue weighted by Gasteiger charge is -2.29. The highest BCUT2D eigenvalue weighted by atomic mass is 16.2. The van der Waals surface area contributed by atoms with Crippen molar-refractivity contribution in [2.75, 3.05) is 18.9 Å². The normalized spacial score (nSPS) is 17.0. The van der Waals surface area contributed by atoms with Crippen LogP contribution in [0.4, 0.5) is 5.69 Å². The topological polar surface area (TPSA) is 40.5 Å². The predicted molar refractivity (Wildman–Crippen MR) is 148 cm³/mol. The van der Waals surface area contributed by atoms with Crippen LogP contribution in [-0.2, 0) is 4.79 Å². The Labute approximate surface area is 210 Å². The van der Waals surface area contributed by atoms with E-state index in [1.807, 2.05) is 66.2 Å². The predicted octanol–water partition coefficient (Wildman–Crippen LogP) is 6.31. The quantitative estimate of drug-likeness (QED) is 0.305. The average molecular weight is 473 g/mol. The highest BCUT2D eigenvalue weighted by molar-refractivity contribution is 6.10. The molecule has 1 N–H and O–H groups in total. The molecule has 1 aromatic heterocycles. The summed E-state index contributed by atoms with van der Waals surface area (Å²) in [5.41, 5.74) is 6.11. The molecule has 1 amide bonds. The Balaban J connectivity index is 1.43. The van der Waals surface area contributed by atoms with Crippen LogP contribution in [0, 0.1) is 0 Å². The fourth-order valence-electron chi connectivity index (χ4n) is 5.18. The Kier molecular flexibility index (Phi) is 5.45. The number of hydrogen-bond acceptors (Lipinski definition) is 3. The highest BCUT2D eigenvalue weighted by Gasteiger charge is 2.38. The molecule has 5 heteroatoms. The Morgan fingerprint density at radius 2 is 1.47 bits per heavy atom. The van der Waals surface area contributed by atoms with Gasteiger partial charge in [0.1, 0.15) is 5.70 Å². The second kappa shape index (κ2) is 8.93. The fraction of sp³-hybridized carbons (Fsp3) is 0.129. The van der Waals surface area contributed by atoms with Crippen molar-refractivity contribution in [3.63, 3.8) is 0 Å². The molecule has 36 heavy (non-hydrogen) atoms. The zero-order valence-electron chi connectivity index (χ0n) is 20.4. The zero-order valence-corrected chi connectivity index (χ0v) is 20.4. The number of rotatable bonds is 5. The van der Waals surface area contributed by atoms with E-state index in [-0.39, 0.29) is 12.2 Å². The van der Waals surface area contributed by atoms with E-state index >= 15 is 0 Å². The maximum Gasteiger partial charge on any atom is 0.273 e. The minimum Gasteiger partial charge on any atom is -0.348 e. The second-order valence-corrected chi connectivity index (χ2v) is 9.08. The molecular formula is C31H28N4O. The Morgan fingerprint density at radius 3 is 2.22 bits per heavy atom. The molecule has 1 fully saturated rings. The van der Waals surface area contributed by atoms with Gasteiger partial charge in [-0.1, -0.05) is 60.7 Å². The summed E-state index contributed by atoms with van der Waals surface area (Å²) in [6, 6.07) is 35.4. The molecule has 0 radical (unpaired) electrons. The van der Waals surface area contributed by atoms with Crippen LogP contribution in [0.2, 0.25) is 0 Å². The van der Waals surface area contributed by atoms with Crippen LogP contribution in [0.5, 0.6) is 0 Å². The van der Waals surface area contributed by atoms with Crippen LogP contribution in [-0.4, -0.2) is 40.2 Å². The number of hydrogen-bond donors (Lipinski definition) is 1. The van der Waals surface area contributed by atoms with Crippen LogP contribution >= 0.6 is 0 Å². The molecule has 1 aliphatic heterocycles. The van der Waals surface area contributed by atoms with Crippen LogP contribution in [0.3, 0.4) is 0 Å². The SMILES string of the molecule is CCN1C(=O)/C(=C\c2ccc3c(c2)c2ccccc2n3-c2ccccc2)N(C)[C@@H]1Nc1ccccc1. The van der Waals surface area contributed by atoms with Crippen molar-refractivity contribution in [3.8, 4) is 5.69 Å². The van der Waals surface area contributed by atoms with E-state index < -0.39 is 0 Å². The summed E-state index contributed by atoms with van der Waals surface area (Å²) in [6.45, 7) is 2.63. The molecular weight excluding hydrogens is 444 g/mol. The van der Waals surface area contributed by atoms with E-state index in [0.717, 1.165) is 22.5 Å². The van der Waals surface area contributed by atoms with Crippen molar-refractivity contribution in [1.29, 1.82) is 0 Å². The first-order valence-corrected chi connectivity index (χ1v) is 12.3. The highest BCUT2D eigenvalue weighted by Crippen LogP contribution is 2.34. The van der Waals surface area contributed by atoms with Crippen molar-refractivity contribution in [2.24, 2.45) is 0 Å². The van der Waals surface area contributed by atoms with Crippen LogP contribution < -0.4 is 5.32 Å². The second-order valence-electron chi connectivity index (χ2n) is 9.08. The van der Waals surface area contributed by atoms with Crippen molar-refractivity contribution in [3.05, 3.63) is 114 Å². The summed E-state index contributed by atoms with van der Waals surface area (Å²) in [6.07, 6.45) is 1.77. The maximum absolute atomic E-state index is 13.4. The van der Waals surface area contributed by atoms with Gasteiger partial charge in [0.2, 0.25) is 0 Å². The fourth-order valence-corrected chi connectivity index (χ4v) is 5.18. The molecule has 5 nitrogen and oxygen atoms in total. The van der Waals surface area contributed by atoms with Gasteiger partial charge in [-0.25, -0.2) is 0 Å². The largest absolute Gasteiger partial charge is 0.348 e. The van der Waals surface area contributed by atoms with Gasteiger partial charge in [-0.3, -0.25) is 9.69 Å². The molecule has 0 bridgehead atoms. The monoisotopic (exact) mass is 472 g/mol. The van der Waals surface area contributed by atoms with E-state index in [2.05, 4.69) is 76.6 Å². The van der Waals surface area contributed by atoms with Gasteiger partial charge in [-0.05, 0) is 61.0 Å². The van der Waals surface area contributed by atoms with E-state index in [4.69, 9.17) is 0 Å². The van der Waals surface area contributed by atoms with Gasteiger partial charge in [-0.2, -0.15) is 0 Å². The third-order valence-electron chi connectivity index (χ3n) is 6.95. The van der Waals surface area contributed by atoms with Gasteiger partial charge in [0.05, 0.1) is 11.0 Å². The lowest BCUT2D eigenvalue weighted by molar-refractivity contribution is -0.125. The van der Waals surface area contributed by atoms with Gasteiger partial charge in [0, 0.05) is 35.7 Å². The number of carbonyl (C=O) groups excluding carboxylic acids is 1. The first-order valence-electron chi connectivity index (χ1n) is 12.3. The maximum atomic E-state index is 13.4. The molecule has 0 unspecified atom stereocenters. The van der Waals surface area contributed by atoms with Crippen molar-refractivity contribution < 1.29 is 4.79 Å². The third-order valence-corrected chi connectivity index (χ3v) is 6.95. The summed E-state index contributed by atoms with van der Waals surface area (Å²) >= 11 is 0. The van der Waals surface area contributed by atoms with Crippen LogP contribution in [0.25, 0.3) is 33.6 Å². The van der Waals surface area contributed by atoms with Gasteiger partial charge in [0.25, 0.3) is 5.91 Å². The molecule has 4 aromatic carbocycles. The summed E-state index contributed by atoms with van der Waals surface area (Å²) in [5.74, 6) is 0.0280. The molecule has 1 saturated heterocycles. The lowest BCUT2D eigenvalue weighted by Crippen LogP contribution is -2.43. The summed E-state index contributed by atoms with van der Waals surface area (Å²) in [4.78, 5) is 17.3. The average Bonchev–Trinajstić information content (AvgIpc) is 3.36. The molecule has 0 spiro atoms. The van der Waals surface area contributed by atoms with E-state index in [0.29, 0.717) is 12.2 Å². The summed E-state index contributed by atoms with van der Waals surface area (Å²) in [5, 5.41) is 5.87. The van der Waals surface area contributed by atoms with Crippen molar-refractivity contribution >= 4 is 39.5 Å². The third kappa shape index (κ3) is 3.60. The number of para-hydroxylation sites is 3. The van der Waals surface area contributed by atoms with Crippen molar-refractivity contribution in [2.45, 2.75) is 13.2 Å². The molecule has 1 atom stereocenters. The first-order chi connectivity index (χ1) is 17.7. The Morgan fingerprint density at radius 1 is 0.806 bits per heavy atom. The van der Waals surface area contributed by atoms with E-state index in [9.17, 15) is 4.79 Å². The van der Waals surface area contributed by atoms with Gasteiger partial charge < -0.3 is 14.8 Å². The molecule has 6 rings (SSSR count). The number of nitrogens with zero attached hydrogens (tertiary/aromatic N) is 3. The summed E-state index contributed by atoms with van der Waals surface area (Å²) in [7, 11) is 1.97. The van der Waals surface area contributed by atoms with Gasteiger partial charge in [0.15, 0.2) is 6.29 Å². The van der Waals surface area contributed by atoms with E-state index in [1.165, 1.54) is 16.3 Å². The number of amides is 1. The van der Waals surface area contributed by atoms with Crippen molar-refractivity contribution in [1.82, 2.24) is 14.4 Å². The Bertz CT molecular complexity index is 1590. The van der Waals surface area contributed by atoms with Crippen LogP contribution in [0.15, 0.2) is 109 Å². The minimum atomic E-state index is -0.236. The van der Waals surface area contributed by atoms with Crippen LogP contribution in [0.1, 0.15) is 12.5 Å². The minimum absolute atomic E-state index is 0.0280. The van der Waals surface area contributed by atoms with E-state index in [1.54, 1.807) is 0 Å². The van der Waals surface area contributed by atoms with Gasteiger partial charge in [-0.15, -0.1) is 0 Å². The molecule has 0 saturated carbocycles. The number of carbonyl (C=O) groups is 1. The summed E-state index contributed by atoms with van der Waals surface area (Å²) < 4.78 is 2.30. The standard InChI is InChI=1S/C31H28N4O/c1-3-34-30(36)29(33(2)31(34)32-23-12-6-4-7-13-23)21-22-18-19-28-26(20-22)25-16-10-11-17-27(25)35(28)24-14-8-5-9-15-24/h4-21,31-32H,3H2,1-2H3/b29-21+/t31-/m0/s1. The van der Waals surface area contributed by atoms with Gasteiger partial charge >= 0.3 is 0 Å². The molecule has 0 aliphatic carbocycles. The molecule has 1 aliphatic rings. The molecule has 178 valence electrons. The lowest BCUT2D eigenvalue weighted by atomic mass is 10.1. The number of fused-ring (bicyclic) bond motifs is 3. The molecule has 5 aromatic rings. The number of benzene rings is 4. The number of aromatic nitrogens is 1. The smallest absolute Gasteiger partial charge is 0.273 e. The Hall–Kier alpha value is -4.51.